The molecule has 0 aromatic heterocycles. The van der Waals surface area contributed by atoms with E-state index >= 15 is 0 Å². The maximum Gasteiger partial charge on any atom is 0.0510 e. The van der Waals surface area contributed by atoms with Crippen LogP contribution in [0.1, 0.15) is 52.5 Å². The fourth-order valence-corrected chi connectivity index (χ4v) is 3.46. The smallest absolute Gasteiger partial charge is 0.0510 e. The number of hydrogen-bond acceptors (Lipinski definition) is 2. The molecule has 1 aromatic carbocycles. The Balaban J connectivity index is 2.04. The van der Waals surface area contributed by atoms with E-state index in [1.165, 1.54) is 48.1 Å². The first kappa shape index (κ1) is 16.8. The van der Waals surface area contributed by atoms with Gasteiger partial charge >= 0.3 is 0 Å². The summed E-state index contributed by atoms with van der Waals surface area (Å²) in [5.74, 6) is 0.865. The van der Waals surface area contributed by atoms with E-state index < -0.39 is 0 Å². The van der Waals surface area contributed by atoms with Gasteiger partial charge in [0.05, 0.1) is 5.69 Å². The van der Waals surface area contributed by atoms with E-state index in [1.807, 2.05) is 0 Å². The van der Waals surface area contributed by atoms with E-state index in [0.29, 0.717) is 0 Å². The molecule has 21 heavy (non-hydrogen) atoms. The van der Waals surface area contributed by atoms with Crippen LogP contribution in [0.15, 0.2) is 22.7 Å². The Morgan fingerprint density at radius 3 is 2.67 bits per heavy atom. The number of rotatable bonds is 3. The van der Waals surface area contributed by atoms with Crippen molar-refractivity contribution in [1.82, 2.24) is 5.32 Å². The molecule has 1 aliphatic rings. The fourth-order valence-electron chi connectivity index (χ4n) is 2.79. The molecule has 2 rings (SSSR count). The minimum absolute atomic E-state index is 0.159. The quantitative estimate of drug-likeness (QED) is 0.826. The first-order valence-corrected chi connectivity index (χ1v) is 8.93. The molecule has 0 saturated carbocycles. The van der Waals surface area contributed by atoms with Crippen LogP contribution in [-0.4, -0.2) is 18.6 Å². The summed E-state index contributed by atoms with van der Waals surface area (Å²) >= 11 is 3.77. The van der Waals surface area contributed by atoms with Crippen molar-refractivity contribution in [2.24, 2.45) is 5.92 Å². The lowest BCUT2D eigenvalue weighted by atomic mass is 10.0. The Hall–Kier alpha value is -0.540. The van der Waals surface area contributed by atoms with Crippen LogP contribution in [0.25, 0.3) is 0 Å². The van der Waals surface area contributed by atoms with Gasteiger partial charge in [-0.25, -0.2) is 0 Å². The van der Waals surface area contributed by atoms with Crippen LogP contribution in [0, 0.1) is 5.92 Å². The van der Waals surface area contributed by atoms with Gasteiger partial charge in [-0.05, 0) is 79.6 Å². The molecule has 1 aromatic rings. The van der Waals surface area contributed by atoms with Gasteiger partial charge in [0.2, 0.25) is 0 Å². The molecule has 0 bridgehead atoms. The number of hydrogen-bond donors (Lipinski definition) is 1. The van der Waals surface area contributed by atoms with Crippen molar-refractivity contribution < 1.29 is 0 Å². The van der Waals surface area contributed by atoms with Gasteiger partial charge in [0.15, 0.2) is 0 Å². The second kappa shape index (κ2) is 7.15. The first-order valence-electron chi connectivity index (χ1n) is 8.13. The molecule has 2 nitrogen and oxygen atoms in total. The Morgan fingerprint density at radius 2 is 2.00 bits per heavy atom. The molecule has 1 aliphatic heterocycles. The van der Waals surface area contributed by atoms with E-state index in [0.717, 1.165) is 12.5 Å². The highest BCUT2D eigenvalue weighted by Crippen LogP contribution is 2.30. The second-order valence-corrected chi connectivity index (χ2v) is 8.27. The van der Waals surface area contributed by atoms with Crippen molar-refractivity contribution in [3.63, 3.8) is 0 Å². The number of halogens is 1. The molecule has 1 fully saturated rings. The summed E-state index contributed by atoms with van der Waals surface area (Å²) in [7, 11) is 0. The predicted octanol–water partition coefficient (Wildman–Crippen LogP) is 4.96. The van der Waals surface area contributed by atoms with Crippen molar-refractivity contribution in [3.8, 4) is 0 Å². The minimum Gasteiger partial charge on any atom is -0.371 e. The molecule has 1 saturated heterocycles. The van der Waals surface area contributed by atoms with Gasteiger partial charge in [-0.2, -0.15) is 0 Å². The lowest BCUT2D eigenvalue weighted by Crippen LogP contribution is -2.35. The molecular weight excluding hydrogens is 324 g/mol. The van der Waals surface area contributed by atoms with Crippen molar-refractivity contribution in [3.05, 3.63) is 28.2 Å². The monoisotopic (exact) mass is 352 g/mol. The van der Waals surface area contributed by atoms with Gasteiger partial charge in [0.1, 0.15) is 0 Å². The lowest BCUT2D eigenvalue weighted by molar-refractivity contribution is 0.424. The Labute approximate surface area is 138 Å². The summed E-state index contributed by atoms with van der Waals surface area (Å²) in [4.78, 5) is 2.54. The summed E-state index contributed by atoms with van der Waals surface area (Å²) in [6, 6.07) is 6.80. The highest BCUT2D eigenvalue weighted by Gasteiger charge is 2.16. The predicted molar refractivity (Wildman–Crippen MR) is 96.0 cm³/mol. The molecule has 0 aliphatic carbocycles. The normalized spacial score (nSPS) is 20.4. The van der Waals surface area contributed by atoms with Crippen molar-refractivity contribution in [2.75, 3.05) is 18.0 Å². The van der Waals surface area contributed by atoms with Crippen LogP contribution >= 0.6 is 15.9 Å². The zero-order valence-electron chi connectivity index (χ0n) is 13.9. The maximum atomic E-state index is 3.77. The summed E-state index contributed by atoms with van der Waals surface area (Å²) < 4.78 is 1.23. The average Bonchev–Trinajstić information content (AvgIpc) is 2.61. The molecule has 3 heteroatoms. The van der Waals surface area contributed by atoms with Crippen LogP contribution < -0.4 is 10.2 Å². The summed E-state index contributed by atoms with van der Waals surface area (Å²) in [6.07, 6.45) is 3.97. The van der Waals surface area contributed by atoms with E-state index in [4.69, 9.17) is 0 Å². The molecule has 0 radical (unpaired) electrons. The van der Waals surface area contributed by atoms with E-state index in [-0.39, 0.29) is 5.54 Å². The third kappa shape index (κ3) is 5.30. The van der Waals surface area contributed by atoms with Gasteiger partial charge < -0.3 is 10.2 Å². The number of nitrogens with zero attached hydrogens (tertiary/aromatic N) is 1. The van der Waals surface area contributed by atoms with Crippen LogP contribution in [0.5, 0.6) is 0 Å². The van der Waals surface area contributed by atoms with Crippen LogP contribution in [0.4, 0.5) is 5.69 Å². The summed E-state index contributed by atoms with van der Waals surface area (Å²) in [6.45, 7) is 12.3. The Kier molecular flexibility index (Phi) is 5.73. The van der Waals surface area contributed by atoms with Gasteiger partial charge in [-0.3, -0.25) is 0 Å². The number of benzene rings is 1. The molecule has 1 N–H and O–H groups in total. The van der Waals surface area contributed by atoms with Gasteiger partial charge in [0, 0.05) is 29.6 Å². The number of anilines is 1. The molecule has 1 heterocycles. The van der Waals surface area contributed by atoms with Gasteiger partial charge in [-0.1, -0.05) is 13.0 Å². The van der Waals surface area contributed by atoms with Crippen LogP contribution in [-0.2, 0) is 6.54 Å². The largest absolute Gasteiger partial charge is 0.371 e. The zero-order chi connectivity index (χ0) is 15.5. The van der Waals surface area contributed by atoms with Gasteiger partial charge in [0.25, 0.3) is 0 Å². The molecular formula is C18H29BrN2. The highest BCUT2D eigenvalue weighted by atomic mass is 79.9. The van der Waals surface area contributed by atoms with E-state index in [9.17, 15) is 0 Å². The molecule has 1 atom stereocenters. The topological polar surface area (TPSA) is 15.3 Å². The van der Waals surface area contributed by atoms with Crippen molar-refractivity contribution >= 4 is 21.6 Å². The maximum absolute atomic E-state index is 3.77. The zero-order valence-corrected chi connectivity index (χ0v) is 15.5. The first-order chi connectivity index (χ1) is 9.85. The number of nitrogens with one attached hydrogen (secondary N) is 1. The van der Waals surface area contributed by atoms with Crippen LogP contribution in [0.2, 0.25) is 0 Å². The minimum atomic E-state index is 0.159. The molecule has 1 unspecified atom stereocenters. The molecule has 0 spiro atoms. The standard InChI is InChI=1S/C18H29BrN2/c1-14-6-5-10-21(11-9-14)17-8-7-15(12-16(17)19)13-20-18(2,3)4/h7-8,12,14,20H,5-6,9-11,13H2,1-4H3. The Morgan fingerprint density at radius 1 is 1.24 bits per heavy atom. The molecule has 0 amide bonds. The molecule has 118 valence electrons. The SMILES string of the molecule is CC1CCCN(c2ccc(CNC(C)(C)C)cc2Br)CC1. The average molecular weight is 353 g/mol. The highest BCUT2D eigenvalue weighted by molar-refractivity contribution is 9.10. The summed E-state index contributed by atoms with van der Waals surface area (Å²) in [5.41, 5.74) is 2.85. The summed E-state index contributed by atoms with van der Waals surface area (Å²) in [5, 5.41) is 3.55. The second-order valence-electron chi connectivity index (χ2n) is 7.41. The van der Waals surface area contributed by atoms with Crippen molar-refractivity contribution in [2.45, 2.75) is 59.0 Å². The van der Waals surface area contributed by atoms with Crippen molar-refractivity contribution in [1.29, 1.82) is 0 Å². The van der Waals surface area contributed by atoms with Gasteiger partial charge in [-0.15, -0.1) is 0 Å². The third-order valence-electron chi connectivity index (χ3n) is 4.19. The van der Waals surface area contributed by atoms with E-state index in [1.54, 1.807) is 0 Å². The van der Waals surface area contributed by atoms with Crippen LogP contribution in [0.3, 0.4) is 0 Å². The Bertz CT molecular complexity index is 465. The lowest BCUT2D eigenvalue weighted by Gasteiger charge is -2.25. The van der Waals surface area contributed by atoms with E-state index in [2.05, 4.69) is 72.0 Å². The third-order valence-corrected chi connectivity index (χ3v) is 4.83. The fraction of sp³-hybridized carbons (Fsp3) is 0.667.